The number of ether oxygens (including phenoxy) is 1. The van der Waals surface area contributed by atoms with Gasteiger partial charge in [0.05, 0.1) is 24.2 Å². The second kappa shape index (κ2) is 5.32. The Morgan fingerprint density at radius 2 is 2.06 bits per heavy atom. The summed E-state index contributed by atoms with van der Waals surface area (Å²) in [6, 6.07) is 1.91. The molecule has 1 aromatic rings. The number of carbonyl (C=O) groups excluding carboxylic acids is 1. The Labute approximate surface area is 101 Å². The molecule has 0 bridgehead atoms. The zero-order valence-electron chi connectivity index (χ0n) is 9.98. The highest BCUT2D eigenvalue weighted by atomic mass is 35.5. The molecule has 1 aromatic carbocycles. The molecule has 0 unspecified atom stereocenters. The molecule has 0 saturated heterocycles. The lowest BCUT2D eigenvalue weighted by Gasteiger charge is -2.14. The van der Waals surface area contributed by atoms with E-state index in [-0.39, 0.29) is 12.3 Å². The SMILES string of the molecule is CNCC(=O)c1c(Cl)c(C)cc(C)c1OC. The number of methoxy groups -OCH3 is 1. The van der Waals surface area contributed by atoms with Gasteiger partial charge in [0.1, 0.15) is 5.75 Å². The number of likely N-dealkylation sites (N-methyl/N-ethyl adjacent to an activating group) is 1. The Morgan fingerprint density at radius 1 is 1.44 bits per heavy atom. The van der Waals surface area contributed by atoms with E-state index in [9.17, 15) is 4.79 Å². The summed E-state index contributed by atoms with van der Waals surface area (Å²) in [4.78, 5) is 11.9. The minimum atomic E-state index is -0.0591. The first-order chi connectivity index (χ1) is 7.52. The standard InChI is InChI=1S/C12H16ClNO2/c1-7-5-8(2)12(16-4)10(11(7)13)9(15)6-14-3/h5,14H,6H2,1-4H3. The van der Waals surface area contributed by atoms with Crippen LogP contribution in [0, 0.1) is 13.8 Å². The Hall–Kier alpha value is -1.06. The number of Topliss-reactive ketones (excluding diaryl/α,β-unsaturated/α-hetero) is 1. The van der Waals surface area contributed by atoms with Crippen molar-refractivity contribution in [2.45, 2.75) is 13.8 Å². The lowest BCUT2D eigenvalue weighted by Crippen LogP contribution is -2.20. The second-order valence-corrected chi connectivity index (χ2v) is 4.06. The molecule has 0 aliphatic rings. The minimum Gasteiger partial charge on any atom is -0.496 e. The van der Waals surface area contributed by atoms with Crippen LogP contribution in [0.1, 0.15) is 21.5 Å². The first-order valence-electron chi connectivity index (χ1n) is 5.04. The van der Waals surface area contributed by atoms with Gasteiger partial charge < -0.3 is 10.1 Å². The summed E-state index contributed by atoms with van der Waals surface area (Å²) in [5.41, 5.74) is 2.28. The predicted molar refractivity (Wildman–Crippen MR) is 65.7 cm³/mol. The van der Waals surface area contributed by atoms with E-state index in [1.807, 2.05) is 19.9 Å². The van der Waals surface area contributed by atoms with Crippen LogP contribution in [0.5, 0.6) is 5.75 Å². The summed E-state index contributed by atoms with van der Waals surface area (Å²) >= 11 is 6.15. The van der Waals surface area contributed by atoms with Crippen molar-refractivity contribution >= 4 is 17.4 Å². The van der Waals surface area contributed by atoms with Crippen molar-refractivity contribution in [3.05, 3.63) is 27.8 Å². The molecule has 1 rings (SSSR count). The molecule has 0 atom stereocenters. The summed E-state index contributed by atoms with van der Waals surface area (Å²) in [5, 5.41) is 3.29. The van der Waals surface area contributed by atoms with E-state index in [4.69, 9.17) is 16.3 Å². The smallest absolute Gasteiger partial charge is 0.181 e. The predicted octanol–water partition coefficient (Wildman–Crippen LogP) is 2.37. The number of carbonyl (C=O) groups is 1. The zero-order valence-corrected chi connectivity index (χ0v) is 10.7. The van der Waals surface area contributed by atoms with Crippen LogP contribution >= 0.6 is 11.6 Å². The van der Waals surface area contributed by atoms with E-state index >= 15 is 0 Å². The Morgan fingerprint density at radius 3 is 2.56 bits per heavy atom. The third kappa shape index (κ3) is 2.36. The molecule has 0 amide bonds. The fourth-order valence-corrected chi connectivity index (χ4v) is 1.95. The van der Waals surface area contributed by atoms with Gasteiger partial charge in [0.25, 0.3) is 0 Å². The summed E-state index contributed by atoms with van der Waals surface area (Å²) in [7, 11) is 3.27. The number of hydrogen-bond donors (Lipinski definition) is 1. The topological polar surface area (TPSA) is 38.3 Å². The van der Waals surface area contributed by atoms with Gasteiger partial charge in [-0.15, -0.1) is 0 Å². The van der Waals surface area contributed by atoms with Crippen molar-refractivity contribution in [2.24, 2.45) is 0 Å². The molecule has 0 spiro atoms. The van der Waals surface area contributed by atoms with Crippen molar-refractivity contribution in [3.8, 4) is 5.75 Å². The monoisotopic (exact) mass is 241 g/mol. The molecule has 4 heteroatoms. The summed E-state index contributed by atoms with van der Waals surface area (Å²) in [5.74, 6) is 0.506. The highest BCUT2D eigenvalue weighted by Gasteiger charge is 2.19. The highest BCUT2D eigenvalue weighted by Crippen LogP contribution is 2.33. The van der Waals surface area contributed by atoms with E-state index in [0.29, 0.717) is 16.3 Å². The van der Waals surface area contributed by atoms with Gasteiger partial charge in [-0.05, 0) is 32.0 Å². The van der Waals surface area contributed by atoms with Crippen molar-refractivity contribution in [3.63, 3.8) is 0 Å². The molecule has 0 fully saturated rings. The van der Waals surface area contributed by atoms with Gasteiger partial charge in [0, 0.05) is 0 Å². The van der Waals surface area contributed by atoms with E-state index in [0.717, 1.165) is 11.1 Å². The molecule has 0 radical (unpaired) electrons. The van der Waals surface area contributed by atoms with Crippen LogP contribution in [0.25, 0.3) is 0 Å². The molecular formula is C12H16ClNO2. The van der Waals surface area contributed by atoms with Gasteiger partial charge in [0.15, 0.2) is 5.78 Å². The van der Waals surface area contributed by atoms with Crippen LogP contribution in [0.15, 0.2) is 6.07 Å². The van der Waals surface area contributed by atoms with E-state index in [1.165, 1.54) is 0 Å². The van der Waals surface area contributed by atoms with Gasteiger partial charge in [-0.3, -0.25) is 4.79 Å². The number of benzene rings is 1. The summed E-state index contributed by atoms with van der Waals surface area (Å²) in [6.45, 7) is 4.03. The molecule has 0 aliphatic carbocycles. The minimum absolute atomic E-state index is 0.0591. The number of aryl methyl sites for hydroxylation is 2. The largest absolute Gasteiger partial charge is 0.496 e. The Bertz CT molecular complexity index is 416. The van der Waals surface area contributed by atoms with Crippen LogP contribution in [-0.2, 0) is 0 Å². The first-order valence-corrected chi connectivity index (χ1v) is 5.42. The van der Waals surface area contributed by atoms with Gasteiger partial charge in [-0.2, -0.15) is 0 Å². The normalized spacial score (nSPS) is 10.3. The van der Waals surface area contributed by atoms with Gasteiger partial charge in [-0.25, -0.2) is 0 Å². The van der Waals surface area contributed by atoms with E-state index in [1.54, 1.807) is 14.2 Å². The van der Waals surface area contributed by atoms with Gasteiger partial charge >= 0.3 is 0 Å². The zero-order chi connectivity index (χ0) is 12.3. The maximum atomic E-state index is 11.9. The van der Waals surface area contributed by atoms with Crippen LogP contribution < -0.4 is 10.1 Å². The van der Waals surface area contributed by atoms with Gasteiger partial charge in [-0.1, -0.05) is 17.7 Å². The van der Waals surface area contributed by atoms with Crippen molar-refractivity contribution < 1.29 is 9.53 Å². The van der Waals surface area contributed by atoms with Crippen LogP contribution in [0.2, 0.25) is 5.02 Å². The van der Waals surface area contributed by atoms with Crippen molar-refractivity contribution in [1.29, 1.82) is 0 Å². The average molecular weight is 242 g/mol. The number of ketones is 1. The number of rotatable bonds is 4. The molecule has 16 heavy (non-hydrogen) atoms. The second-order valence-electron chi connectivity index (χ2n) is 3.69. The third-order valence-electron chi connectivity index (χ3n) is 2.40. The average Bonchev–Trinajstić information content (AvgIpc) is 2.23. The van der Waals surface area contributed by atoms with Crippen LogP contribution in [0.4, 0.5) is 0 Å². The quantitative estimate of drug-likeness (QED) is 0.823. The molecule has 3 nitrogen and oxygen atoms in total. The van der Waals surface area contributed by atoms with Crippen LogP contribution in [0.3, 0.4) is 0 Å². The molecule has 0 aromatic heterocycles. The third-order valence-corrected chi connectivity index (χ3v) is 2.89. The first kappa shape index (κ1) is 13.0. The Kier molecular flexibility index (Phi) is 4.33. The number of nitrogens with one attached hydrogen (secondary N) is 1. The lowest BCUT2D eigenvalue weighted by molar-refractivity contribution is 0.0990. The number of halogens is 1. The Balaban J connectivity index is 3.38. The fraction of sp³-hybridized carbons (Fsp3) is 0.417. The maximum absolute atomic E-state index is 11.9. The molecule has 88 valence electrons. The van der Waals surface area contributed by atoms with Crippen molar-refractivity contribution in [1.82, 2.24) is 5.32 Å². The van der Waals surface area contributed by atoms with Crippen molar-refractivity contribution in [2.75, 3.05) is 20.7 Å². The number of hydrogen-bond acceptors (Lipinski definition) is 3. The van der Waals surface area contributed by atoms with E-state index in [2.05, 4.69) is 5.32 Å². The lowest BCUT2D eigenvalue weighted by atomic mass is 10.0. The molecule has 1 N–H and O–H groups in total. The highest BCUT2D eigenvalue weighted by molar-refractivity contribution is 6.35. The molecule has 0 heterocycles. The van der Waals surface area contributed by atoms with Gasteiger partial charge in [0.2, 0.25) is 0 Å². The van der Waals surface area contributed by atoms with Crippen LogP contribution in [-0.4, -0.2) is 26.5 Å². The molecule has 0 aliphatic heterocycles. The van der Waals surface area contributed by atoms with E-state index < -0.39 is 0 Å². The maximum Gasteiger partial charge on any atom is 0.181 e. The summed E-state index contributed by atoms with van der Waals surface area (Å²) in [6.07, 6.45) is 0. The summed E-state index contributed by atoms with van der Waals surface area (Å²) < 4.78 is 5.25. The molecular weight excluding hydrogens is 226 g/mol. The fourth-order valence-electron chi connectivity index (χ4n) is 1.71. The molecule has 0 saturated carbocycles.